The van der Waals surface area contributed by atoms with Crippen LogP contribution in [0.4, 0.5) is 22.0 Å². The van der Waals surface area contributed by atoms with Crippen LogP contribution in [0.3, 0.4) is 0 Å². The Hall–Kier alpha value is -3.68. The number of carbonyl (C=O) groups is 1. The van der Waals surface area contributed by atoms with E-state index in [4.69, 9.17) is 9.47 Å². The number of hydrogen-bond acceptors (Lipinski definition) is 3. The standard InChI is InChI=1S/C27H23F5O3/c1-15(2)10-11-34-25-9-6-18(12-24(25)28)21-14-22(26(29)30)20(13-23(21)27(31)32)17-4-7-19(8-5-17)35-16(3)33/h4-10,12-14,26-27H,11H2,1-3H3. The van der Waals surface area contributed by atoms with E-state index in [1.54, 1.807) is 6.08 Å². The zero-order valence-corrected chi connectivity index (χ0v) is 19.2. The van der Waals surface area contributed by atoms with Crippen LogP contribution in [0.2, 0.25) is 0 Å². The second-order valence-electron chi connectivity index (χ2n) is 7.98. The molecule has 0 aromatic heterocycles. The van der Waals surface area contributed by atoms with E-state index in [2.05, 4.69) is 0 Å². The number of allylic oxidation sites excluding steroid dienone is 1. The van der Waals surface area contributed by atoms with Gasteiger partial charge in [0.15, 0.2) is 11.6 Å². The first-order valence-corrected chi connectivity index (χ1v) is 10.7. The SMILES string of the molecule is CC(=O)Oc1ccc(-c2cc(C(F)F)c(-c3ccc(OCC=C(C)C)c(F)c3)cc2C(F)F)cc1. The van der Waals surface area contributed by atoms with E-state index in [0.717, 1.165) is 23.8 Å². The quantitative estimate of drug-likeness (QED) is 0.138. The van der Waals surface area contributed by atoms with E-state index in [1.807, 2.05) is 13.8 Å². The van der Waals surface area contributed by atoms with Crippen LogP contribution in [0.1, 0.15) is 44.7 Å². The van der Waals surface area contributed by atoms with Gasteiger partial charge in [-0.1, -0.05) is 23.8 Å². The molecule has 0 N–H and O–H groups in total. The number of rotatable bonds is 8. The van der Waals surface area contributed by atoms with Crippen LogP contribution in [-0.4, -0.2) is 12.6 Å². The van der Waals surface area contributed by atoms with Crippen molar-refractivity contribution >= 4 is 5.97 Å². The van der Waals surface area contributed by atoms with Gasteiger partial charge in [-0.15, -0.1) is 0 Å². The smallest absolute Gasteiger partial charge is 0.308 e. The molecule has 184 valence electrons. The predicted octanol–water partition coefficient (Wildman–Crippen LogP) is 8.31. The van der Waals surface area contributed by atoms with Crippen LogP contribution in [-0.2, 0) is 4.79 Å². The first-order chi connectivity index (χ1) is 16.6. The molecule has 0 aliphatic heterocycles. The minimum atomic E-state index is -3.01. The second kappa shape index (κ2) is 11.2. The Morgan fingerprint density at radius 1 is 0.829 bits per heavy atom. The van der Waals surface area contributed by atoms with Gasteiger partial charge in [0.2, 0.25) is 0 Å². The molecule has 3 rings (SSSR count). The number of halogens is 5. The monoisotopic (exact) mass is 490 g/mol. The highest BCUT2D eigenvalue weighted by molar-refractivity contribution is 5.78. The van der Waals surface area contributed by atoms with Crippen LogP contribution in [0.5, 0.6) is 11.5 Å². The van der Waals surface area contributed by atoms with E-state index in [-0.39, 0.29) is 40.4 Å². The maximum atomic E-state index is 14.6. The van der Waals surface area contributed by atoms with Crippen molar-refractivity contribution in [3.63, 3.8) is 0 Å². The molecule has 3 nitrogen and oxygen atoms in total. The summed E-state index contributed by atoms with van der Waals surface area (Å²) in [6.45, 7) is 5.04. The minimum absolute atomic E-state index is 0.0195. The lowest BCUT2D eigenvalue weighted by Gasteiger charge is -2.17. The highest BCUT2D eigenvalue weighted by Gasteiger charge is 2.23. The summed E-state index contributed by atoms with van der Waals surface area (Å²) in [5, 5.41) is 0. The Labute approximate surface area is 199 Å². The summed E-state index contributed by atoms with van der Waals surface area (Å²) in [4.78, 5) is 11.1. The first-order valence-electron chi connectivity index (χ1n) is 10.7. The lowest BCUT2D eigenvalue weighted by molar-refractivity contribution is -0.131. The minimum Gasteiger partial charge on any atom is -0.486 e. The predicted molar refractivity (Wildman–Crippen MR) is 123 cm³/mol. The zero-order chi connectivity index (χ0) is 25.7. The molecule has 0 saturated heterocycles. The lowest BCUT2D eigenvalue weighted by atomic mass is 9.90. The Bertz CT molecular complexity index is 1230. The van der Waals surface area contributed by atoms with Crippen LogP contribution in [0.15, 0.2) is 66.2 Å². The first kappa shape index (κ1) is 25.9. The summed E-state index contributed by atoms with van der Waals surface area (Å²) in [5.74, 6) is -1.25. The maximum Gasteiger partial charge on any atom is 0.308 e. The molecule has 0 aliphatic carbocycles. The Kier molecular flexibility index (Phi) is 8.27. The molecule has 3 aromatic carbocycles. The topological polar surface area (TPSA) is 35.5 Å². The third kappa shape index (κ3) is 6.47. The molecule has 0 saturated carbocycles. The van der Waals surface area contributed by atoms with Gasteiger partial charge in [0.1, 0.15) is 12.4 Å². The molecule has 0 spiro atoms. The number of ether oxygens (including phenoxy) is 2. The highest BCUT2D eigenvalue weighted by Crippen LogP contribution is 2.41. The van der Waals surface area contributed by atoms with Gasteiger partial charge in [0, 0.05) is 18.1 Å². The van der Waals surface area contributed by atoms with Crippen molar-refractivity contribution in [2.24, 2.45) is 0 Å². The summed E-state index contributed by atoms with van der Waals surface area (Å²) in [5.41, 5.74) is -0.0879. The highest BCUT2D eigenvalue weighted by atomic mass is 19.3. The molecule has 0 aliphatic rings. The van der Waals surface area contributed by atoms with E-state index < -0.39 is 35.8 Å². The van der Waals surface area contributed by atoms with Crippen molar-refractivity contribution in [3.05, 3.63) is 83.2 Å². The van der Waals surface area contributed by atoms with Crippen molar-refractivity contribution < 1.29 is 36.2 Å². The van der Waals surface area contributed by atoms with Crippen LogP contribution in [0, 0.1) is 5.82 Å². The van der Waals surface area contributed by atoms with Crippen LogP contribution < -0.4 is 9.47 Å². The number of benzene rings is 3. The number of carbonyl (C=O) groups excluding carboxylic acids is 1. The fourth-order valence-electron chi connectivity index (χ4n) is 3.45. The van der Waals surface area contributed by atoms with E-state index in [1.165, 1.54) is 43.3 Å². The molecule has 0 amide bonds. The van der Waals surface area contributed by atoms with Gasteiger partial charge >= 0.3 is 5.97 Å². The van der Waals surface area contributed by atoms with E-state index >= 15 is 0 Å². The van der Waals surface area contributed by atoms with Gasteiger partial charge in [0.25, 0.3) is 12.9 Å². The number of hydrogen-bond donors (Lipinski definition) is 0. The van der Waals surface area contributed by atoms with Crippen LogP contribution in [0.25, 0.3) is 22.3 Å². The number of esters is 1. The molecule has 35 heavy (non-hydrogen) atoms. The third-order valence-corrected chi connectivity index (χ3v) is 5.09. The van der Waals surface area contributed by atoms with Gasteiger partial charge < -0.3 is 9.47 Å². The summed E-state index contributed by atoms with van der Waals surface area (Å²) in [6.07, 6.45) is -4.25. The largest absolute Gasteiger partial charge is 0.486 e. The Morgan fingerprint density at radius 2 is 1.37 bits per heavy atom. The summed E-state index contributed by atoms with van der Waals surface area (Å²) < 4.78 is 80.8. The lowest BCUT2D eigenvalue weighted by Crippen LogP contribution is -2.01. The molecule has 0 bridgehead atoms. The molecular formula is C27H23F5O3. The summed E-state index contributed by atoms with van der Waals surface area (Å²) in [6, 6.07) is 11.1. The summed E-state index contributed by atoms with van der Waals surface area (Å²) >= 11 is 0. The molecule has 0 unspecified atom stereocenters. The summed E-state index contributed by atoms with van der Waals surface area (Å²) in [7, 11) is 0. The molecule has 3 aromatic rings. The van der Waals surface area contributed by atoms with Gasteiger partial charge in [-0.05, 0) is 78.6 Å². The van der Waals surface area contributed by atoms with Crippen molar-refractivity contribution in [1.82, 2.24) is 0 Å². The average Bonchev–Trinajstić information content (AvgIpc) is 2.79. The fourth-order valence-corrected chi connectivity index (χ4v) is 3.45. The van der Waals surface area contributed by atoms with Crippen molar-refractivity contribution in [3.8, 4) is 33.8 Å². The molecular weight excluding hydrogens is 467 g/mol. The van der Waals surface area contributed by atoms with Crippen LogP contribution >= 0.6 is 0 Å². The second-order valence-corrected chi connectivity index (χ2v) is 7.98. The van der Waals surface area contributed by atoms with Crippen molar-refractivity contribution in [2.45, 2.75) is 33.6 Å². The van der Waals surface area contributed by atoms with Crippen molar-refractivity contribution in [2.75, 3.05) is 6.61 Å². The molecule has 8 heteroatoms. The molecule has 0 heterocycles. The van der Waals surface area contributed by atoms with Gasteiger partial charge in [-0.3, -0.25) is 4.79 Å². The maximum absolute atomic E-state index is 14.6. The third-order valence-electron chi connectivity index (χ3n) is 5.09. The van der Waals surface area contributed by atoms with Crippen molar-refractivity contribution in [1.29, 1.82) is 0 Å². The zero-order valence-electron chi connectivity index (χ0n) is 19.2. The molecule has 0 radical (unpaired) electrons. The Balaban J connectivity index is 2.06. The van der Waals surface area contributed by atoms with Gasteiger partial charge in [0.05, 0.1) is 0 Å². The molecule has 0 atom stereocenters. The van der Waals surface area contributed by atoms with Gasteiger partial charge in [-0.2, -0.15) is 0 Å². The molecule has 0 fully saturated rings. The normalized spacial score (nSPS) is 11.0. The number of alkyl halides is 4. The Morgan fingerprint density at radius 3 is 1.86 bits per heavy atom. The van der Waals surface area contributed by atoms with E-state index in [0.29, 0.717) is 0 Å². The van der Waals surface area contributed by atoms with Gasteiger partial charge in [-0.25, -0.2) is 22.0 Å². The fraction of sp³-hybridized carbons (Fsp3) is 0.222. The average molecular weight is 490 g/mol. The van der Waals surface area contributed by atoms with E-state index in [9.17, 15) is 26.7 Å².